The fourth-order valence-electron chi connectivity index (χ4n) is 2.04. The van der Waals surface area contributed by atoms with Gasteiger partial charge in [0.25, 0.3) is 0 Å². The predicted molar refractivity (Wildman–Crippen MR) is 81.8 cm³/mol. The van der Waals surface area contributed by atoms with Crippen molar-refractivity contribution in [3.63, 3.8) is 0 Å². The predicted octanol–water partition coefficient (Wildman–Crippen LogP) is 4.62. The molecule has 0 aliphatic rings. The van der Waals surface area contributed by atoms with Gasteiger partial charge >= 0.3 is 5.97 Å². The third kappa shape index (κ3) is 2.40. The van der Waals surface area contributed by atoms with Crippen LogP contribution in [0.25, 0.3) is 20.8 Å². The van der Waals surface area contributed by atoms with E-state index in [2.05, 4.69) is 4.98 Å². The maximum atomic E-state index is 11.0. The summed E-state index contributed by atoms with van der Waals surface area (Å²) in [7, 11) is 0. The Morgan fingerprint density at radius 1 is 1.25 bits per heavy atom. The Morgan fingerprint density at radius 3 is 2.75 bits per heavy atom. The van der Waals surface area contributed by atoms with E-state index in [0.717, 1.165) is 26.4 Å². The van der Waals surface area contributed by atoms with Crippen LogP contribution in [0.15, 0.2) is 36.4 Å². The first kappa shape index (κ1) is 13.1. The van der Waals surface area contributed by atoms with Gasteiger partial charge in [0.05, 0.1) is 15.8 Å². The summed E-state index contributed by atoms with van der Waals surface area (Å²) < 4.78 is 0.859. The van der Waals surface area contributed by atoms with Gasteiger partial charge in [-0.2, -0.15) is 0 Å². The largest absolute Gasteiger partial charge is 0.478 e. The first-order chi connectivity index (χ1) is 9.52. The zero-order chi connectivity index (χ0) is 14.3. The number of hydrogen-bond donors (Lipinski definition) is 1. The molecule has 0 saturated heterocycles. The van der Waals surface area contributed by atoms with Crippen molar-refractivity contribution in [1.82, 2.24) is 4.98 Å². The van der Waals surface area contributed by atoms with Crippen molar-refractivity contribution >= 4 is 39.1 Å². The van der Waals surface area contributed by atoms with Crippen LogP contribution in [-0.4, -0.2) is 16.1 Å². The summed E-state index contributed by atoms with van der Waals surface area (Å²) in [6.07, 6.45) is 0. The second-order valence-electron chi connectivity index (χ2n) is 4.52. The van der Waals surface area contributed by atoms with Gasteiger partial charge in [0, 0.05) is 10.6 Å². The highest BCUT2D eigenvalue weighted by Gasteiger charge is 2.10. The van der Waals surface area contributed by atoms with E-state index in [1.807, 2.05) is 25.1 Å². The SMILES string of the molecule is Cc1cc(Cl)cc(-c2nc3ccc(C(=O)O)cc3s2)c1. The number of carboxylic acid groups (broad SMARTS) is 1. The smallest absolute Gasteiger partial charge is 0.335 e. The van der Waals surface area contributed by atoms with E-state index < -0.39 is 5.97 Å². The number of hydrogen-bond acceptors (Lipinski definition) is 3. The third-order valence-corrected chi connectivity index (χ3v) is 4.21. The first-order valence-electron chi connectivity index (χ1n) is 5.94. The summed E-state index contributed by atoms with van der Waals surface area (Å²) in [5.41, 5.74) is 3.09. The molecule has 1 aromatic heterocycles. The molecule has 3 rings (SSSR count). The molecule has 0 saturated carbocycles. The zero-order valence-corrected chi connectivity index (χ0v) is 12.1. The first-order valence-corrected chi connectivity index (χ1v) is 7.14. The van der Waals surface area contributed by atoms with Gasteiger partial charge in [0.2, 0.25) is 0 Å². The van der Waals surface area contributed by atoms with Crippen LogP contribution in [0.5, 0.6) is 0 Å². The van der Waals surface area contributed by atoms with E-state index in [9.17, 15) is 4.79 Å². The summed E-state index contributed by atoms with van der Waals surface area (Å²) in [5.74, 6) is -0.930. The van der Waals surface area contributed by atoms with Gasteiger partial charge in [-0.3, -0.25) is 0 Å². The van der Waals surface area contributed by atoms with Crippen molar-refractivity contribution in [3.8, 4) is 10.6 Å². The molecule has 1 heterocycles. The molecule has 0 radical (unpaired) electrons. The molecule has 0 unspecified atom stereocenters. The molecule has 0 atom stereocenters. The zero-order valence-electron chi connectivity index (χ0n) is 10.6. The Morgan fingerprint density at radius 2 is 2.05 bits per heavy atom. The minimum Gasteiger partial charge on any atom is -0.478 e. The molecule has 3 nitrogen and oxygen atoms in total. The van der Waals surface area contributed by atoms with E-state index in [0.29, 0.717) is 5.02 Å². The van der Waals surface area contributed by atoms with Crippen LogP contribution < -0.4 is 0 Å². The molecule has 20 heavy (non-hydrogen) atoms. The summed E-state index contributed by atoms with van der Waals surface area (Å²) in [5, 5.41) is 10.5. The molecule has 0 spiro atoms. The second-order valence-corrected chi connectivity index (χ2v) is 5.99. The minimum atomic E-state index is -0.930. The molecule has 0 aliphatic heterocycles. The van der Waals surface area contributed by atoms with Crippen molar-refractivity contribution in [1.29, 1.82) is 0 Å². The molecule has 3 aromatic rings. The Bertz CT molecular complexity index is 806. The molecule has 0 aliphatic carbocycles. The normalized spacial score (nSPS) is 10.9. The van der Waals surface area contributed by atoms with Crippen LogP contribution in [0.2, 0.25) is 5.02 Å². The average molecular weight is 304 g/mol. The van der Waals surface area contributed by atoms with Crippen LogP contribution in [-0.2, 0) is 0 Å². The van der Waals surface area contributed by atoms with Gasteiger partial charge < -0.3 is 5.11 Å². The molecular weight excluding hydrogens is 294 g/mol. The van der Waals surface area contributed by atoms with Gasteiger partial charge in [-0.25, -0.2) is 9.78 Å². The third-order valence-electron chi connectivity index (χ3n) is 2.92. The highest BCUT2D eigenvalue weighted by molar-refractivity contribution is 7.21. The molecular formula is C15H10ClNO2S. The van der Waals surface area contributed by atoms with Gasteiger partial charge in [0.1, 0.15) is 5.01 Å². The van der Waals surface area contributed by atoms with Gasteiger partial charge in [-0.1, -0.05) is 11.6 Å². The number of nitrogens with zero attached hydrogens (tertiary/aromatic N) is 1. The van der Waals surface area contributed by atoms with Gasteiger partial charge in [-0.15, -0.1) is 11.3 Å². The molecule has 0 fully saturated rings. The van der Waals surface area contributed by atoms with Crippen LogP contribution in [0.4, 0.5) is 0 Å². The maximum absolute atomic E-state index is 11.0. The fourth-order valence-corrected chi connectivity index (χ4v) is 3.32. The van der Waals surface area contributed by atoms with Crippen molar-refractivity contribution in [2.24, 2.45) is 0 Å². The van der Waals surface area contributed by atoms with E-state index >= 15 is 0 Å². The molecule has 0 bridgehead atoms. The van der Waals surface area contributed by atoms with Crippen LogP contribution >= 0.6 is 22.9 Å². The van der Waals surface area contributed by atoms with E-state index in [4.69, 9.17) is 16.7 Å². The lowest BCUT2D eigenvalue weighted by Crippen LogP contribution is -1.94. The summed E-state index contributed by atoms with van der Waals surface area (Å²) >= 11 is 7.53. The Balaban J connectivity index is 2.15. The fraction of sp³-hybridized carbons (Fsp3) is 0.0667. The highest BCUT2D eigenvalue weighted by atomic mass is 35.5. The standard InChI is InChI=1S/C15H10ClNO2S/c1-8-4-10(6-11(16)5-8)14-17-12-3-2-9(15(18)19)7-13(12)20-14/h2-7H,1H3,(H,18,19). The number of halogens is 1. The number of aryl methyl sites for hydroxylation is 1. The van der Waals surface area contributed by atoms with Crippen molar-refractivity contribution < 1.29 is 9.90 Å². The topological polar surface area (TPSA) is 50.2 Å². The molecule has 5 heteroatoms. The number of benzene rings is 2. The lowest BCUT2D eigenvalue weighted by Gasteiger charge is -1.99. The quantitative estimate of drug-likeness (QED) is 0.751. The number of carboxylic acids is 1. The van der Waals surface area contributed by atoms with Crippen LogP contribution in [0, 0.1) is 6.92 Å². The van der Waals surface area contributed by atoms with E-state index in [1.165, 1.54) is 11.3 Å². The average Bonchev–Trinajstić information content (AvgIpc) is 2.80. The van der Waals surface area contributed by atoms with Crippen molar-refractivity contribution in [2.45, 2.75) is 6.92 Å². The Labute approximate surface area is 124 Å². The molecule has 100 valence electrons. The number of carbonyl (C=O) groups is 1. The number of rotatable bonds is 2. The summed E-state index contributed by atoms with van der Waals surface area (Å²) in [6.45, 7) is 1.98. The van der Waals surface area contributed by atoms with Crippen LogP contribution in [0.3, 0.4) is 0 Å². The van der Waals surface area contributed by atoms with E-state index in [1.54, 1.807) is 18.2 Å². The summed E-state index contributed by atoms with van der Waals surface area (Å²) in [4.78, 5) is 15.5. The number of fused-ring (bicyclic) bond motifs is 1. The van der Waals surface area contributed by atoms with Crippen molar-refractivity contribution in [3.05, 3.63) is 52.5 Å². The van der Waals surface area contributed by atoms with Gasteiger partial charge in [-0.05, 0) is 48.9 Å². The Hall–Kier alpha value is -1.91. The number of thiazole rings is 1. The highest BCUT2D eigenvalue weighted by Crippen LogP contribution is 2.32. The van der Waals surface area contributed by atoms with Crippen molar-refractivity contribution in [2.75, 3.05) is 0 Å². The maximum Gasteiger partial charge on any atom is 0.335 e. The lowest BCUT2D eigenvalue weighted by atomic mass is 10.1. The van der Waals surface area contributed by atoms with E-state index in [-0.39, 0.29) is 5.56 Å². The monoisotopic (exact) mass is 303 g/mol. The molecule has 0 amide bonds. The number of aromatic nitrogens is 1. The van der Waals surface area contributed by atoms with Crippen LogP contribution in [0.1, 0.15) is 15.9 Å². The Kier molecular flexibility index (Phi) is 3.20. The molecule has 2 aromatic carbocycles. The summed E-state index contributed by atoms with van der Waals surface area (Å²) in [6, 6.07) is 10.7. The van der Waals surface area contributed by atoms with Gasteiger partial charge in [0.15, 0.2) is 0 Å². The minimum absolute atomic E-state index is 0.273. The number of aromatic carboxylic acids is 1. The lowest BCUT2D eigenvalue weighted by molar-refractivity contribution is 0.0697. The molecule has 1 N–H and O–H groups in total. The second kappa shape index (κ2) is 4.89.